The molecule has 1 amide bonds. The number of carbonyl (C=O) groups is 1. The number of fused-ring (bicyclic) bond motifs is 1. The Labute approximate surface area is 157 Å². The van der Waals surface area contributed by atoms with Crippen LogP contribution >= 0.6 is 0 Å². The van der Waals surface area contributed by atoms with E-state index in [9.17, 15) is 9.59 Å². The van der Waals surface area contributed by atoms with Gasteiger partial charge in [-0.1, -0.05) is 36.4 Å². The predicted octanol–water partition coefficient (Wildman–Crippen LogP) is 2.25. The summed E-state index contributed by atoms with van der Waals surface area (Å²) in [5, 5.41) is 11.0. The molecular formula is C21H22N4O2. The molecule has 1 aromatic heterocycles. The summed E-state index contributed by atoms with van der Waals surface area (Å²) in [6.45, 7) is 2.97. The Morgan fingerprint density at radius 2 is 1.85 bits per heavy atom. The summed E-state index contributed by atoms with van der Waals surface area (Å²) in [7, 11) is 0. The Bertz CT molecular complexity index is 1020. The molecule has 0 radical (unpaired) electrons. The number of carbonyl (C=O) groups excluding carboxylic acids is 1. The number of anilines is 1. The smallest absolute Gasteiger partial charge is 0.272 e. The first-order valence-corrected chi connectivity index (χ1v) is 9.19. The molecule has 1 aliphatic rings. The van der Waals surface area contributed by atoms with Crippen LogP contribution in [0.25, 0.3) is 10.8 Å². The fraction of sp³-hybridized carbons (Fsp3) is 0.286. The number of rotatable bonds is 4. The SMILES string of the molecule is CC1CC(NC(=O)Cc2n[nH]c(=O)c3ccccc23)CN1c1ccccc1. The predicted molar refractivity (Wildman–Crippen MR) is 106 cm³/mol. The van der Waals surface area contributed by atoms with Crippen molar-refractivity contribution in [2.24, 2.45) is 0 Å². The van der Waals surface area contributed by atoms with Crippen LogP contribution in [-0.2, 0) is 11.2 Å². The van der Waals surface area contributed by atoms with Crippen LogP contribution in [0.4, 0.5) is 5.69 Å². The fourth-order valence-corrected chi connectivity index (χ4v) is 3.85. The minimum absolute atomic E-state index is 0.0770. The van der Waals surface area contributed by atoms with Crippen LogP contribution in [0.15, 0.2) is 59.4 Å². The van der Waals surface area contributed by atoms with Crippen molar-refractivity contribution >= 4 is 22.4 Å². The summed E-state index contributed by atoms with van der Waals surface area (Å²) < 4.78 is 0. The third-order valence-corrected chi connectivity index (χ3v) is 5.13. The summed E-state index contributed by atoms with van der Waals surface area (Å²) in [6, 6.07) is 17.9. The third-order valence-electron chi connectivity index (χ3n) is 5.13. The van der Waals surface area contributed by atoms with Crippen molar-refractivity contribution in [1.82, 2.24) is 15.5 Å². The quantitative estimate of drug-likeness (QED) is 0.746. The van der Waals surface area contributed by atoms with Crippen LogP contribution in [-0.4, -0.2) is 34.7 Å². The minimum Gasteiger partial charge on any atom is -0.367 e. The van der Waals surface area contributed by atoms with Crippen molar-refractivity contribution in [2.45, 2.75) is 31.8 Å². The topological polar surface area (TPSA) is 78.1 Å². The molecule has 6 nitrogen and oxygen atoms in total. The van der Waals surface area contributed by atoms with Crippen molar-refractivity contribution < 1.29 is 4.79 Å². The van der Waals surface area contributed by atoms with Gasteiger partial charge in [0.2, 0.25) is 5.91 Å². The average molecular weight is 362 g/mol. The number of benzene rings is 2. The average Bonchev–Trinajstić information content (AvgIpc) is 3.05. The van der Waals surface area contributed by atoms with Crippen LogP contribution in [0.3, 0.4) is 0 Å². The number of aromatic nitrogens is 2. The highest BCUT2D eigenvalue weighted by molar-refractivity contribution is 5.88. The highest BCUT2D eigenvalue weighted by Gasteiger charge is 2.30. The van der Waals surface area contributed by atoms with Crippen molar-refractivity contribution in [3.8, 4) is 0 Å². The van der Waals surface area contributed by atoms with Gasteiger partial charge in [0.05, 0.1) is 17.5 Å². The van der Waals surface area contributed by atoms with Gasteiger partial charge < -0.3 is 10.2 Å². The molecule has 3 aromatic rings. The zero-order valence-electron chi connectivity index (χ0n) is 15.2. The van der Waals surface area contributed by atoms with Crippen LogP contribution in [0.2, 0.25) is 0 Å². The molecule has 1 aliphatic heterocycles. The van der Waals surface area contributed by atoms with Gasteiger partial charge in [0.15, 0.2) is 0 Å². The Morgan fingerprint density at radius 1 is 1.15 bits per heavy atom. The molecule has 4 rings (SSSR count). The molecule has 27 heavy (non-hydrogen) atoms. The zero-order valence-corrected chi connectivity index (χ0v) is 15.2. The van der Waals surface area contributed by atoms with E-state index in [0.29, 0.717) is 17.1 Å². The number of nitrogens with zero attached hydrogens (tertiary/aromatic N) is 2. The second-order valence-corrected chi connectivity index (χ2v) is 7.06. The molecule has 0 saturated carbocycles. The van der Waals surface area contributed by atoms with Crippen LogP contribution in [0.1, 0.15) is 19.0 Å². The first kappa shape index (κ1) is 17.3. The summed E-state index contributed by atoms with van der Waals surface area (Å²) in [6.07, 6.45) is 1.05. The van der Waals surface area contributed by atoms with E-state index in [1.165, 1.54) is 5.69 Å². The maximum Gasteiger partial charge on any atom is 0.272 e. The minimum atomic E-state index is -0.238. The molecule has 138 valence electrons. The maximum absolute atomic E-state index is 12.6. The van der Waals surface area contributed by atoms with Gasteiger partial charge in [-0.05, 0) is 31.5 Å². The van der Waals surface area contributed by atoms with Gasteiger partial charge >= 0.3 is 0 Å². The Kier molecular flexibility index (Phi) is 4.62. The Hall–Kier alpha value is -3.15. The molecule has 2 atom stereocenters. The van der Waals surface area contributed by atoms with Gasteiger partial charge in [0.25, 0.3) is 5.56 Å². The first-order chi connectivity index (χ1) is 13.1. The van der Waals surface area contributed by atoms with Crippen molar-refractivity contribution in [3.63, 3.8) is 0 Å². The van der Waals surface area contributed by atoms with E-state index in [-0.39, 0.29) is 23.9 Å². The summed E-state index contributed by atoms with van der Waals surface area (Å²) in [5.74, 6) is -0.0770. The normalized spacial score (nSPS) is 19.4. The Morgan fingerprint density at radius 3 is 2.63 bits per heavy atom. The van der Waals surface area contributed by atoms with Crippen molar-refractivity contribution in [3.05, 3.63) is 70.6 Å². The van der Waals surface area contributed by atoms with Gasteiger partial charge in [-0.15, -0.1) is 0 Å². The summed E-state index contributed by atoms with van der Waals surface area (Å²) >= 11 is 0. The number of nitrogens with one attached hydrogen (secondary N) is 2. The lowest BCUT2D eigenvalue weighted by molar-refractivity contribution is -0.121. The van der Waals surface area contributed by atoms with E-state index in [1.807, 2.05) is 30.3 Å². The van der Waals surface area contributed by atoms with Crippen LogP contribution in [0.5, 0.6) is 0 Å². The fourth-order valence-electron chi connectivity index (χ4n) is 3.85. The summed E-state index contributed by atoms with van der Waals surface area (Å²) in [5.41, 5.74) is 1.53. The number of aromatic amines is 1. The molecule has 2 N–H and O–H groups in total. The molecule has 1 fully saturated rings. The van der Waals surface area contributed by atoms with Crippen molar-refractivity contribution in [2.75, 3.05) is 11.4 Å². The Balaban J connectivity index is 1.45. The molecule has 0 bridgehead atoms. The maximum atomic E-state index is 12.6. The van der Waals surface area contributed by atoms with Gasteiger partial charge in [-0.2, -0.15) is 5.10 Å². The number of para-hydroxylation sites is 1. The van der Waals surface area contributed by atoms with E-state index in [2.05, 4.69) is 39.5 Å². The van der Waals surface area contributed by atoms with E-state index in [4.69, 9.17) is 0 Å². The van der Waals surface area contributed by atoms with Crippen LogP contribution in [0, 0.1) is 0 Å². The molecular weight excluding hydrogens is 340 g/mol. The highest BCUT2D eigenvalue weighted by atomic mass is 16.1. The lowest BCUT2D eigenvalue weighted by atomic mass is 10.1. The lowest BCUT2D eigenvalue weighted by Gasteiger charge is -2.23. The number of amides is 1. The molecule has 2 unspecified atom stereocenters. The van der Waals surface area contributed by atoms with Crippen molar-refractivity contribution in [1.29, 1.82) is 0 Å². The zero-order chi connectivity index (χ0) is 18.8. The molecule has 2 aromatic carbocycles. The monoisotopic (exact) mass is 362 g/mol. The van der Waals surface area contributed by atoms with Gasteiger partial charge in [0, 0.05) is 29.7 Å². The number of hydrogen-bond acceptors (Lipinski definition) is 4. The second kappa shape index (κ2) is 7.23. The number of hydrogen-bond donors (Lipinski definition) is 2. The van der Waals surface area contributed by atoms with E-state index < -0.39 is 0 Å². The number of H-pyrrole nitrogens is 1. The molecule has 0 aliphatic carbocycles. The van der Waals surface area contributed by atoms with Gasteiger partial charge in [-0.25, -0.2) is 5.10 Å². The van der Waals surface area contributed by atoms with Gasteiger partial charge in [0.1, 0.15) is 0 Å². The van der Waals surface area contributed by atoms with Crippen LogP contribution < -0.4 is 15.8 Å². The van der Waals surface area contributed by atoms with E-state index >= 15 is 0 Å². The second-order valence-electron chi connectivity index (χ2n) is 7.06. The third kappa shape index (κ3) is 3.56. The highest BCUT2D eigenvalue weighted by Crippen LogP contribution is 2.25. The molecule has 1 saturated heterocycles. The standard InChI is InChI=1S/C21H22N4O2/c1-14-11-15(13-25(14)16-7-3-2-4-8-16)22-20(26)12-19-17-9-5-6-10-18(17)21(27)24-23-19/h2-10,14-15H,11-13H2,1H3,(H,22,26)(H,24,27). The summed E-state index contributed by atoms with van der Waals surface area (Å²) in [4.78, 5) is 26.8. The first-order valence-electron chi connectivity index (χ1n) is 9.19. The lowest BCUT2D eigenvalue weighted by Crippen LogP contribution is -2.38. The molecule has 6 heteroatoms. The van der Waals surface area contributed by atoms with Gasteiger partial charge in [-0.3, -0.25) is 9.59 Å². The van der Waals surface area contributed by atoms with E-state index in [0.717, 1.165) is 18.4 Å². The van der Waals surface area contributed by atoms with E-state index in [1.54, 1.807) is 12.1 Å². The molecule has 0 spiro atoms. The largest absolute Gasteiger partial charge is 0.367 e. The molecule has 2 heterocycles.